The first-order chi connectivity index (χ1) is 10.8. The van der Waals surface area contributed by atoms with E-state index in [1.165, 1.54) is 12.1 Å². The number of benzene rings is 1. The van der Waals surface area contributed by atoms with Crippen LogP contribution < -0.4 is 5.32 Å². The number of carbonyl (C=O) groups is 1. The van der Waals surface area contributed by atoms with Gasteiger partial charge in [-0.1, -0.05) is 17.7 Å². The SMILES string of the molecule is CC(C)(C)OC(=O)N(Cc1ccc(Cl)c(F)c1)C1CCNCC1. The molecule has 0 saturated carbocycles. The van der Waals surface area contributed by atoms with E-state index in [1.54, 1.807) is 11.0 Å². The van der Waals surface area contributed by atoms with Crippen LogP contribution in [0.4, 0.5) is 9.18 Å². The lowest BCUT2D eigenvalue weighted by Gasteiger charge is -2.36. The van der Waals surface area contributed by atoms with Gasteiger partial charge in [-0.05, 0) is 64.4 Å². The summed E-state index contributed by atoms with van der Waals surface area (Å²) in [4.78, 5) is 14.3. The summed E-state index contributed by atoms with van der Waals surface area (Å²) < 4.78 is 19.2. The molecule has 1 aromatic carbocycles. The highest BCUT2D eigenvalue weighted by Crippen LogP contribution is 2.22. The molecule has 23 heavy (non-hydrogen) atoms. The van der Waals surface area contributed by atoms with E-state index >= 15 is 0 Å². The number of piperidine rings is 1. The minimum atomic E-state index is -0.562. The lowest BCUT2D eigenvalue weighted by molar-refractivity contribution is 0.0107. The third-order valence-corrected chi connectivity index (χ3v) is 4.02. The predicted octanol–water partition coefficient (Wildman–Crippen LogP) is 3.97. The second-order valence-corrected chi connectivity index (χ2v) is 7.25. The van der Waals surface area contributed by atoms with Gasteiger partial charge in [0.15, 0.2) is 0 Å². The number of nitrogens with zero attached hydrogens (tertiary/aromatic N) is 1. The predicted molar refractivity (Wildman–Crippen MR) is 89.1 cm³/mol. The van der Waals surface area contributed by atoms with E-state index in [9.17, 15) is 9.18 Å². The molecule has 1 heterocycles. The summed E-state index contributed by atoms with van der Waals surface area (Å²) in [6.45, 7) is 7.56. The molecule has 0 radical (unpaired) electrons. The maximum absolute atomic E-state index is 13.7. The Balaban J connectivity index is 2.17. The standard InChI is InChI=1S/C17H24ClFN2O2/c1-17(2,3)23-16(22)21(13-6-8-20-9-7-13)11-12-4-5-14(18)15(19)10-12/h4-5,10,13,20H,6-9,11H2,1-3H3. The normalized spacial score (nSPS) is 16.2. The van der Waals surface area contributed by atoms with Gasteiger partial charge in [0.1, 0.15) is 11.4 Å². The quantitative estimate of drug-likeness (QED) is 0.903. The van der Waals surface area contributed by atoms with E-state index in [0.717, 1.165) is 25.9 Å². The highest BCUT2D eigenvalue weighted by atomic mass is 35.5. The highest BCUT2D eigenvalue weighted by molar-refractivity contribution is 6.30. The van der Waals surface area contributed by atoms with Crippen LogP contribution in [0.15, 0.2) is 18.2 Å². The number of carbonyl (C=O) groups excluding carboxylic acids is 1. The lowest BCUT2D eigenvalue weighted by Crippen LogP contribution is -2.47. The first-order valence-electron chi connectivity index (χ1n) is 7.90. The van der Waals surface area contributed by atoms with Gasteiger partial charge in [-0.15, -0.1) is 0 Å². The average molecular weight is 343 g/mol. The fourth-order valence-corrected chi connectivity index (χ4v) is 2.73. The fourth-order valence-electron chi connectivity index (χ4n) is 2.62. The molecule has 1 aliphatic rings. The Labute approximate surface area is 141 Å². The molecule has 1 aromatic rings. The van der Waals surface area contributed by atoms with E-state index in [2.05, 4.69) is 5.32 Å². The third-order valence-electron chi connectivity index (χ3n) is 3.71. The van der Waals surface area contributed by atoms with E-state index in [-0.39, 0.29) is 17.2 Å². The van der Waals surface area contributed by atoms with Crippen LogP contribution in [0.3, 0.4) is 0 Å². The van der Waals surface area contributed by atoms with Crippen LogP contribution in [0.25, 0.3) is 0 Å². The Morgan fingerprint density at radius 1 is 1.39 bits per heavy atom. The van der Waals surface area contributed by atoms with Crippen molar-refractivity contribution in [3.05, 3.63) is 34.6 Å². The topological polar surface area (TPSA) is 41.6 Å². The van der Waals surface area contributed by atoms with E-state index < -0.39 is 11.4 Å². The molecule has 2 rings (SSSR count). The van der Waals surface area contributed by atoms with Crippen molar-refractivity contribution < 1.29 is 13.9 Å². The molecule has 128 valence electrons. The van der Waals surface area contributed by atoms with Crippen molar-refractivity contribution in [2.75, 3.05) is 13.1 Å². The molecule has 0 unspecified atom stereocenters. The third kappa shape index (κ3) is 5.36. The van der Waals surface area contributed by atoms with Crippen LogP contribution in [-0.2, 0) is 11.3 Å². The maximum atomic E-state index is 13.7. The minimum Gasteiger partial charge on any atom is -0.444 e. The molecule has 1 N–H and O–H groups in total. The van der Waals surface area contributed by atoms with Crippen molar-refractivity contribution in [3.63, 3.8) is 0 Å². The zero-order chi connectivity index (χ0) is 17.0. The Bertz CT molecular complexity index is 554. The Morgan fingerprint density at radius 3 is 2.61 bits per heavy atom. The zero-order valence-electron chi connectivity index (χ0n) is 13.9. The van der Waals surface area contributed by atoms with Gasteiger partial charge in [-0.25, -0.2) is 9.18 Å². The van der Waals surface area contributed by atoms with Gasteiger partial charge in [0.25, 0.3) is 0 Å². The van der Waals surface area contributed by atoms with Crippen molar-refractivity contribution in [2.24, 2.45) is 0 Å². The second kappa shape index (κ2) is 7.49. The summed E-state index contributed by atoms with van der Waals surface area (Å²) in [5, 5.41) is 3.36. The summed E-state index contributed by atoms with van der Waals surface area (Å²) >= 11 is 5.73. The van der Waals surface area contributed by atoms with Gasteiger partial charge in [0.05, 0.1) is 5.02 Å². The summed E-state index contributed by atoms with van der Waals surface area (Å²) in [6.07, 6.45) is 1.35. The van der Waals surface area contributed by atoms with Crippen LogP contribution in [0, 0.1) is 5.82 Å². The van der Waals surface area contributed by atoms with Crippen molar-refractivity contribution >= 4 is 17.7 Å². The van der Waals surface area contributed by atoms with Crippen LogP contribution >= 0.6 is 11.6 Å². The summed E-state index contributed by atoms with van der Waals surface area (Å²) in [6, 6.07) is 4.72. The van der Waals surface area contributed by atoms with Crippen LogP contribution in [0.2, 0.25) is 5.02 Å². The van der Waals surface area contributed by atoms with Gasteiger partial charge >= 0.3 is 6.09 Å². The molecule has 4 nitrogen and oxygen atoms in total. The van der Waals surface area contributed by atoms with Crippen LogP contribution in [-0.4, -0.2) is 35.7 Å². The van der Waals surface area contributed by atoms with Gasteiger partial charge < -0.3 is 15.0 Å². The molecule has 0 aromatic heterocycles. The van der Waals surface area contributed by atoms with Crippen molar-refractivity contribution in [1.82, 2.24) is 10.2 Å². The molecule has 6 heteroatoms. The number of rotatable bonds is 3. The molecule has 1 saturated heterocycles. The Hall–Kier alpha value is -1.33. The van der Waals surface area contributed by atoms with Gasteiger partial charge in [-0.3, -0.25) is 0 Å². The van der Waals surface area contributed by atoms with Gasteiger partial charge in [0.2, 0.25) is 0 Å². The van der Waals surface area contributed by atoms with Crippen LogP contribution in [0.5, 0.6) is 0 Å². The van der Waals surface area contributed by atoms with Gasteiger partial charge in [-0.2, -0.15) is 0 Å². The number of ether oxygens (including phenoxy) is 1. The van der Waals surface area contributed by atoms with Crippen molar-refractivity contribution in [2.45, 2.75) is 51.8 Å². The molecule has 0 spiro atoms. The van der Waals surface area contributed by atoms with Gasteiger partial charge in [0, 0.05) is 12.6 Å². The molecule has 0 atom stereocenters. The zero-order valence-corrected chi connectivity index (χ0v) is 14.6. The molecule has 1 aliphatic heterocycles. The first kappa shape index (κ1) is 18.0. The number of amides is 1. The second-order valence-electron chi connectivity index (χ2n) is 6.84. The van der Waals surface area contributed by atoms with Crippen molar-refractivity contribution in [3.8, 4) is 0 Å². The highest BCUT2D eigenvalue weighted by Gasteiger charge is 2.29. The number of hydrogen-bond acceptors (Lipinski definition) is 3. The maximum Gasteiger partial charge on any atom is 0.410 e. The average Bonchev–Trinajstić information content (AvgIpc) is 2.47. The monoisotopic (exact) mass is 342 g/mol. The molecule has 1 amide bonds. The van der Waals surface area contributed by atoms with E-state index in [1.807, 2.05) is 20.8 Å². The smallest absolute Gasteiger partial charge is 0.410 e. The fraction of sp³-hybridized carbons (Fsp3) is 0.588. The minimum absolute atomic E-state index is 0.0828. The number of halogens is 2. The van der Waals surface area contributed by atoms with Crippen molar-refractivity contribution in [1.29, 1.82) is 0 Å². The van der Waals surface area contributed by atoms with E-state index in [4.69, 9.17) is 16.3 Å². The molecule has 0 bridgehead atoms. The Kier molecular flexibility index (Phi) is 5.87. The molecular weight excluding hydrogens is 319 g/mol. The lowest BCUT2D eigenvalue weighted by atomic mass is 10.0. The molecule has 1 fully saturated rings. The number of nitrogens with one attached hydrogen (secondary N) is 1. The summed E-state index contributed by atoms with van der Waals surface area (Å²) in [7, 11) is 0. The van der Waals surface area contributed by atoms with Crippen LogP contribution in [0.1, 0.15) is 39.2 Å². The largest absolute Gasteiger partial charge is 0.444 e. The summed E-state index contributed by atoms with van der Waals surface area (Å²) in [5.41, 5.74) is 0.143. The Morgan fingerprint density at radius 2 is 2.04 bits per heavy atom. The number of hydrogen-bond donors (Lipinski definition) is 1. The first-order valence-corrected chi connectivity index (χ1v) is 8.28. The van der Waals surface area contributed by atoms with E-state index in [0.29, 0.717) is 12.1 Å². The summed E-state index contributed by atoms with van der Waals surface area (Å²) in [5.74, 6) is -0.474. The molecular formula is C17H24ClFN2O2. The molecule has 0 aliphatic carbocycles.